The number of fused-ring (bicyclic) bond motifs is 1. The molecule has 0 saturated carbocycles. The van der Waals surface area contributed by atoms with E-state index in [1.165, 1.54) is 16.2 Å². The highest BCUT2D eigenvalue weighted by Crippen LogP contribution is 2.29. The van der Waals surface area contributed by atoms with Gasteiger partial charge in [-0.3, -0.25) is 9.52 Å². The van der Waals surface area contributed by atoms with Crippen molar-refractivity contribution >= 4 is 43.0 Å². The van der Waals surface area contributed by atoms with Gasteiger partial charge in [0.05, 0.1) is 9.77 Å². The number of carbonyl (C=O) groups is 1. The van der Waals surface area contributed by atoms with Crippen LogP contribution in [0.3, 0.4) is 0 Å². The zero-order valence-electron chi connectivity index (χ0n) is 14.1. The van der Waals surface area contributed by atoms with Gasteiger partial charge >= 0.3 is 0 Å². The molecule has 1 aromatic heterocycles. The first kappa shape index (κ1) is 17.4. The number of nitrogens with one attached hydrogen (secondary N) is 1. The first-order valence-corrected chi connectivity index (χ1v) is 9.91. The quantitative estimate of drug-likeness (QED) is 0.757. The van der Waals surface area contributed by atoms with E-state index in [2.05, 4.69) is 4.72 Å². The van der Waals surface area contributed by atoms with E-state index in [1.807, 2.05) is 13.0 Å². The fourth-order valence-corrected chi connectivity index (χ4v) is 4.48. The molecule has 1 amide bonds. The maximum absolute atomic E-state index is 12.5. The second kappa shape index (κ2) is 6.50. The molecule has 0 unspecified atom stereocenters. The molecule has 0 aliphatic rings. The summed E-state index contributed by atoms with van der Waals surface area (Å²) in [5, 5.41) is 0.833. The van der Waals surface area contributed by atoms with E-state index >= 15 is 0 Å². The second-order valence-corrected chi connectivity index (χ2v) is 8.75. The number of hydrogen-bond donors (Lipinski definition) is 1. The van der Waals surface area contributed by atoms with Gasteiger partial charge in [-0.15, -0.1) is 11.3 Å². The van der Waals surface area contributed by atoms with Crippen LogP contribution in [-0.2, 0) is 10.0 Å². The van der Waals surface area contributed by atoms with E-state index in [0.717, 1.165) is 15.6 Å². The molecule has 0 aliphatic carbocycles. The van der Waals surface area contributed by atoms with Crippen molar-refractivity contribution in [3.63, 3.8) is 0 Å². The topological polar surface area (TPSA) is 66.5 Å². The summed E-state index contributed by atoms with van der Waals surface area (Å²) in [6.45, 7) is 1.90. The summed E-state index contributed by atoms with van der Waals surface area (Å²) in [5.41, 5.74) is 1.46. The van der Waals surface area contributed by atoms with Crippen LogP contribution in [0.15, 0.2) is 53.4 Å². The van der Waals surface area contributed by atoms with Gasteiger partial charge in [-0.05, 0) is 48.7 Å². The van der Waals surface area contributed by atoms with E-state index in [1.54, 1.807) is 56.6 Å². The van der Waals surface area contributed by atoms with Crippen molar-refractivity contribution in [2.45, 2.75) is 11.8 Å². The van der Waals surface area contributed by atoms with Gasteiger partial charge in [0, 0.05) is 24.5 Å². The van der Waals surface area contributed by atoms with Crippen molar-refractivity contribution in [2.75, 3.05) is 18.8 Å². The van der Waals surface area contributed by atoms with Crippen LogP contribution in [0, 0.1) is 6.92 Å². The number of thiophene rings is 1. The van der Waals surface area contributed by atoms with Crippen molar-refractivity contribution in [1.29, 1.82) is 0 Å². The first-order chi connectivity index (χ1) is 11.8. The molecule has 1 heterocycles. The van der Waals surface area contributed by atoms with Gasteiger partial charge < -0.3 is 4.90 Å². The third kappa shape index (κ3) is 3.67. The smallest absolute Gasteiger partial charge is 0.263 e. The molecule has 0 aliphatic heterocycles. The van der Waals surface area contributed by atoms with Gasteiger partial charge in [0.1, 0.15) is 0 Å². The predicted octanol–water partition coefficient (Wildman–Crippen LogP) is 3.71. The van der Waals surface area contributed by atoms with Crippen LogP contribution < -0.4 is 4.72 Å². The molecule has 0 fully saturated rings. The summed E-state index contributed by atoms with van der Waals surface area (Å²) in [7, 11) is -0.239. The zero-order valence-corrected chi connectivity index (χ0v) is 15.7. The van der Waals surface area contributed by atoms with Gasteiger partial charge in [0.25, 0.3) is 15.9 Å². The monoisotopic (exact) mass is 374 g/mol. The molecule has 3 rings (SSSR count). The summed E-state index contributed by atoms with van der Waals surface area (Å²) in [4.78, 5) is 14.4. The number of sulfonamides is 1. The summed E-state index contributed by atoms with van der Waals surface area (Å²) in [5.74, 6) is -0.0667. The molecule has 0 spiro atoms. The van der Waals surface area contributed by atoms with Crippen LogP contribution in [0.1, 0.15) is 15.2 Å². The van der Waals surface area contributed by atoms with Crippen LogP contribution in [0.5, 0.6) is 0 Å². The average Bonchev–Trinajstić information content (AvgIpc) is 2.97. The van der Waals surface area contributed by atoms with Gasteiger partial charge in [-0.25, -0.2) is 8.42 Å². The van der Waals surface area contributed by atoms with Gasteiger partial charge in [-0.2, -0.15) is 0 Å². The maximum Gasteiger partial charge on any atom is 0.263 e. The standard InChI is InChI=1S/C18H18N2O3S2/c1-12-4-7-15(8-5-12)25(22,23)19-14-6-9-16-13(10-14)11-17(24-16)18(21)20(2)3/h4-11,19H,1-3H3. The molecule has 0 bridgehead atoms. The number of carbonyl (C=O) groups excluding carboxylic acids is 1. The maximum atomic E-state index is 12.5. The summed E-state index contributed by atoms with van der Waals surface area (Å²) >= 11 is 1.39. The number of anilines is 1. The third-order valence-electron chi connectivity index (χ3n) is 3.72. The molecule has 0 saturated heterocycles. The van der Waals surface area contributed by atoms with Crippen LogP contribution in [0.2, 0.25) is 0 Å². The molecule has 1 N–H and O–H groups in total. The van der Waals surface area contributed by atoms with Crippen LogP contribution in [0.4, 0.5) is 5.69 Å². The van der Waals surface area contributed by atoms with E-state index in [-0.39, 0.29) is 10.8 Å². The van der Waals surface area contributed by atoms with Crippen molar-refractivity contribution < 1.29 is 13.2 Å². The minimum Gasteiger partial charge on any atom is -0.344 e. The fourth-order valence-electron chi connectivity index (χ4n) is 2.36. The molecule has 7 heteroatoms. The Morgan fingerprint density at radius 1 is 1.04 bits per heavy atom. The Bertz CT molecular complexity index is 1040. The Kier molecular flexibility index (Phi) is 4.53. The number of hydrogen-bond acceptors (Lipinski definition) is 4. The molecular weight excluding hydrogens is 356 g/mol. The lowest BCUT2D eigenvalue weighted by molar-refractivity contribution is 0.0832. The number of nitrogens with zero attached hydrogens (tertiary/aromatic N) is 1. The number of rotatable bonds is 4. The average molecular weight is 374 g/mol. The molecule has 130 valence electrons. The molecule has 3 aromatic rings. The Balaban J connectivity index is 1.91. The van der Waals surface area contributed by atoms with Gasteiger partial charge in [0.15, 0.2) is 0 Å². The zero-order chi connectivity index (χ0) is 18.2. The Morgan fingerprint density at radius 2 is 1.72 bits per heavy atom. The van der Waals surface area contributed by atoms with Gasteiger partial charge in [0.2, 0.25) is 0 Å². The van der Waals surface area contributed by atoms with Crippen molar-refractivity contribution in [1.82, 2.24) is 4.90 Å². The fraction of sp³-hybridized carbons (Fsp3) is 0.167. The number of benzene rings is 2. The molecule has 0 atom stereocenters. The lowest BCUT2D eigenvalue weighted by Crippen LogP contribution is -2.20. The van der Waals surface area contributed by atoms with Crippen LogP contribution >= 0.6 is 11.3 Å². The molecule has 25 heavy (non-hydrogen) atoms. The highest BCUT2D eigenvalue weighted by atomic mass is 32.2. The molecular formula is C18H18N2O3S2. The van der Waals surface area contributed by atoms with Crippen molar-refractivity contribution in [3.05, 3.63) is 59.0 Å². The van der Waals surface area contributed by atoms with E-state index < -0.39 is 10.0 Å². The highest BCUT2D eigenvalue weighted by molar-refractivity contribution is 7.92. The largest absolute Gasteiger partial charge is 0.344 e. The SMILES string of the molecule is Cc1ccc(S(=O)(=O)Nc2ccc3sc(C(=O)N(C)C)cc3c2)cc1. The number of amides is 1. The normalized spacial score (nSPS) is 11.5. The van der Waals surface area contributed by atoms with Crippen molar-refractivity contribution in [2.24, 2.45) is 0 Å². The molecule has 0 radical (unpaired) electrons. The predicted molar refractivity (Wildman–Crippen MR) is 102 cm³/mol. The lowest BCUT2D eigenvalue weighted by Gasteiger charge is -2.08. The molecule has 2 aromatic carbocycles. The Labute approximate surface area is 151 Å². The van der Waals surface area contributed by atoms with Crippen LogP contribution in [0.25, 0.3) is 10.1 Å². The lowest BCUT2D eigenvalue weighted by atomic mass is 10.2. The summed E-state index contributed by atoms with van der Waals surface area (Å²) < 4.78 is 28.5. The minimum atomic E-state index is -3.64. The summed E-state index contributed by atoms with van der Waals surface area (Å²) in [6, 6.07) is 13.7. The van der Waals surface area contributed by atoms with Crippen LogP contribution in [-0.4, -0.2) is 33.3 Å². The van der Waals surface area contributed by atoms with Gasteiger partial charge in [-0.1, -0.05) is 17.7 Å². The Hall–Kier alpha value is -2.38. The van der Waals surface area contributed by atoms with E-state index in [4.69, 9.17) is 0 Å². The third-order valence-corrected chi connectivity index (χ3v) is 6.22. The number of aryl methyl sites for hydroxylation is 1. The summed E-state index contributed by atoms with van der Waals surface area (Å²) in [6.07, 6.45) is 0. The van der Waals surface area contributed by atoms with Crippen molar-refractivity contribution in [3.8, 4) is 0 Å². The second-order valence-electron chi connectivity index (χ2n) is 5.98. The Morgan fingerprint density at radius 3 is 2.36 bits per heavy atom. The molecule has 5 nitrogen and oxygen atoms in total. The first-order valence-electron chi connectivity index (χ1n) is 7.61. The van der Waals surface area contributed by atoms with E-state index in [9.17, 15) is 13.2 Å². The minimum absolute atomic E-state index is 0.0667. The highest BCUT2D eigenvalue weighted by Gasteiger charge is 2.16. The van der Waals surface area contributed by atoms with E-state index in [0.29, 0.717) is 10.6 Å².